The van der Waals surface area contributed by atoms with Crippen molar-refractivity contribution in [3.8, 4) is 5.75 Å². The quantitative estimate of drug-likeness (QED) is 0.830. The molecule has 25 heavy (non-hydrogen) atoms. The third kappa shape index (κ3) is 2.90. The number of hydrogen-bond donors (Lipinski definition) is 0. The normalized spacial score (nSPS) is 25.0. The topological polar surface area (TPSA) is 29.5 Å². The van der Waals surface area contributed by atoms with E-state index in [-0.39, 0.29) is 23.8 Å². The van der Waals surface area contributed by atoms with E-state index < -0.39 is 0 Å². The number of hydrogen-bond acceptors (Lipinski definition) is 2. The van der Waals surface area contributed by atoms with Gasteiger partial charge in [0.2, 0.25) is 0 Å². The molecule has 1 amide bonds. The van der Waals surface area contributed by atoms with Crippen molar-refractivity contribution < 1.29 is 13.9 Å². The first-order chi connectivity index (χ1) is 12.2. The van der Waals surface area contributed by atoms with Crippen LogP contribution < -0.4 is 4.74 Å². The summed E-state index contributed by atoms with van der Waals surface area (Å²) < 4.78 is 18.5. The number of rotatable bonds is 3. The lowest BCUT2D eigenvalue weighted by atomic mass is 9.84. The summed E-state index contributed by atoms with van der Waals surface area (Å²) in [5, 5.41) is 0. The maximum atomic E-state index is 13.2. The Morgan fingerprint density at radius 1 is 1.04 bits per heavy atom. The van der Waals surface area contributed by atoms with Crippen molar-refractivity contribution in [1.29, 1.82) is 0 Å². The SMILES string of the molecule is COc1ccccc1C(=O)N1C2CCC1CC(c1ccc(F)cc1)C2. The van der Waals surface area contributed by atoms with Crippen LogP contribution in [0.4, 0.5) is 4.39 Å². The highest BCUT2D eigenvalue weighted by Crippen LogP contribution is 2.44. The van der Waals surface area contributed by atoms with Crippen LogP contribution in [0.15, 0.2) is 48.5 Å². The minimum absolute atomic E-state index is 0.0718. The van der Waals surface area contributed by atoms with Crippen LogP contribution in [0.3, 0.4) is 0 Å². The van der Waals surface area contributed by atoms with Gasteiger partial charge in [0.1, 0.15) is 11.6 Å². The van der Waals surface area contributed by atoms with Gasteiger partial charge in [-0.3, -0.25) is 4.79 Å². The van der Waals surface area contributed by atoms with Gasteiger partial charge in [-0.15, -0.1) is 0 Å². The maximum absolute atomic E-state index is 13.2. The predicted molar refractivity (Wildman–Crippen MR) is 94.3 cm³/mol. The van der Waals surface area contributed by atoms with Gasteiger partial charge in [-0.2, -0.15) is 0 Å². The monoisotopic (exact) mass is 339 g/mol. The fourth-order valence-corrected chi connectivity index (χ4v) is 4.48. The van der Waals surface area contributed by atoms with Crippen molar-refractivity contribution >= 4 is 5.91 Å². The van der Waals surface area contributed by atoms with Crippen LogP contribution in [0.1, 0.15) is 47.5 Å². The Balaban J connectivity index is 1.56. The van der Waals surface area contributed by atoms with Crippen molar-refractivity contribution in [1.82, 2.24) is 4.90 Å². The summed E-state index contributed by atoms with van der Waals surface area (Å²) in [6.07, 6.45) is 3.98. The summed E-state index contributed by atoms with van der Waals surface area (Å²) in [6.45, 7) is 0. The Labute approximate surface area is 147 Å². The van der Waals surface area contributed by atoms with Gasteiger partial charge < -0.3 is 9.64 Å². The molecule has 2 unspecified atom stereocenters. The van der Waals surface area contributed by atoms with Crippen LogP contribution in [0, 0.1) is 5.82 Å². The minimum atomic E-state index is -0.199. The van der Waals surface area contributed by atoms with Gasteiger partial charge >= 0.3 is 0 Å². The van der Waals surface area contributed by atoms with Gasteiger partial charge in [-0.25, -0.2) is 4.39 Å². The van der Waals surface area contributed by atoms with E-state index in [2.05, 4.69) is 4.90 Å². The van der Waals surface area contributed by atoms with Crippen molar-refractivity contribution in [3.63, 3.8) is 0 Å². The minimum Gasteiger partial charge on any atom is -0.496 e. The van der Waals surface area contributed by atoms with E-state index in [9.17, 15) is 9.18 Å². The molecule has 2 fully saturated rings. The Bertz CT molecular complexity index is 760. The second-order valence-corrected chi connectivity index (χ2v) is 7.02. The molecule has 4 heteroatoms. The van der Waals surface area contributed by atoms with E-state index in [0.29, 0.717) is 17.2 Å². The smallest absolute Gasteiger partial charge is 0.258 e. The largest absolute Gasteiger partial charge is 0.496 e. The molecule has 2 aliphatic heterocycles. The number of amides is 1. The van der Waals surface area contributed by atoms with Crippen LogP contribution in [0.5, 0.6) is 5.75 Å². The Hall–Kier alpha value is -2.36. The number of carbonyl (C=O) groups is 1. The van der Waals surface area contributed by atoms with E-state index in [0.717, 1.165) is 25.7 Å². The number of piperidine rings is 1. The molecule has 4 rings (SSSR count). The highest BCUT2D eigenvalue weighted by Gasteiger charge is 2.44. The zero-order valence-electron chi connectivity index (χ0n) is 14.3. The lowest BCUT2D eigenvalue weighted by Gasteiger charge is -2.39. The van der Waals surface area contributed by atoms with E-state index in [1.165, 1.54) is 17.7 Å². The number of fused-ring (bicyclic) bond motifs is 2. The second kappa shape index (κ2) is 6.51. The van der Waals surface area contributed by atoms with Crippen molar-refractivity contribution in [2.75, 3.05) is 7.11 Å². The van der Waals surface area contributed by atoms with Crippen LogP contribution in [-0.2, 0) is 0 Å². The number of ether oxygens (including phenoxy) is 1. The maximum Gasteiger partial charge on any atom is 0.258 e. The van der Waals surface area contributed by atoms with E-state index in [4.69, 9.17) is 4.74 Å². The van der Waals surface area contributed by atoms with Crippen molar-refractivity contribution in [2.45, 2.75) is 43.7 Å². The van der Waals surface area contributed by atoms with Crippen LogP contribution in [0.2, 0.25) is 0 Å². The van der Waals surface area contributed by atoms with Gasteiger partial charge in [0.25, 0.3) is 5.91 Å². The third-order valence-corrected chi connectivity index (χ3v) is 5.65. The van der Waals surface area contributed by atoms with E-state index >= 15 is 0 Å². The number of para-hydroxylation sites is 1. The fourth-order valence-electron chi connectivity index (χ4n) is 4.48. The van der Waals surface area contributed by atoms with Gasteiger partial charge in [-0.05, 0) is 61.4 Å². The average Bonchev–Trinajstić information content (AvgIpc) is 2.91. The molecule has 2 saturated heterocycles. The zero-order chi connectivity index (χ0) is 17.4. The average molecular weight is 339 g/mol. The molecule has 130 valence electrons. The van der Waals surface area contributed by atoms with E-state index in [1.807, 2.05) is 36.4 Å². The first kappa shape index (κ1) is 16.1. The zero-order valence-corrected chi connectivity index (χ0v) is 14.3. The number of halogens is 1. The standard InChI is InChI=1S/C21H22FNO2/c1-25-20-5-3-2-4-19(20)21(24)23-17-10-11-18(23)13-15(12-17)14-6-8-16(22)9-7-14/h2-9,15,17-18H,10-13H2,1H3. The lowest BCUT2D eigenvalue weighted by Crippen LogP contribution is -2.46. The molecule has 2 aromatic carbocycles. The van der Waals surface area contributed by atoms with Gasteiger partial charge in [-0.1, -0.05) is 24.3 Å². The summed E-state index contributed by atoms with van der Waals surface area (Å²) in [4.78, 5) is 15.2. The summed E-state index contributed by atoms with van der Waals surface area (Å²) in [7, 11) is 1.60. The van der Waals surface area contributed by atoms with Crippen LogP contribution in [0.25, 0.3) is 0 Å². The molecule has 2 heterocycles. The highest BCUT2D eigenvalue weighted by molar-refractivity contribution is 5.97. The lowest BCUT2D eigenvalue weighted by molar-refractivity contribution is 0.0568. The fraction of sp³-hybridized carbons (Fsp3) is 0.381. The number of methoxy groups -OCH3 is 1. The molecule has 0 aromatic heterocycles. The first-order valence-electron chi connectivity index (χ1n) is 8.88. The number of carbonyl (C=O) groups excluding carboxylic acids is 1. The Kier molecular flexibility index (Phi) is 4.20. The molecule has 0 aliphatic carbocycles. The van der Waals surface area contributed by atoms with Gasteiger partial charge in [0, 0.05) is 12.1 Å². The summed E-state index contributed by atoms with van der Waals surface area (Å²) in [6, 6.07) is 14.8. The molecule has 0 spiro atoms. The summed E-state index contributed by atoms with van der Waals surface area (Å²) in [5.74, 6) is 0.908. The predicted octanol–water partition coefficient (Wildman–Crippen LogP) is 4.39. The summed E-state index contributed by atoms with van der Waals surface area (Å²) >= 11 is 0. The Morgan fingerprint density at radius 2 is 1.68 bits per heavy atom. The molecule has 2 atom stereocenters. The van der Waals surface area contributed by atoms with E-state index in [1.54, 1.807) is 7.11 Å². The molecule has 0 N–H and O–H groups in total. The summed E-state index contributed by atoms with van der Waals surface area (Å²) in [5.41, 5.74) is 1.82. The highest BCUT2D eigenvalue weighted by atomic mass is 19.1. The molecule has 2 aromatic rings. The molecule has 3 nitrogen and oxygen atoms in total. The molecular weight excluding hydrogens is 317 g/mol. The van der Waals surface area contributed by atoms with Gasteiger partial charge in [0.15, 0.2) is 0 Å². The second-order valence-electron chi connectivity index (χ2n) is 7.02. The third-order valence-electron chi connectivity index (χ3n) is 5.65. The molecule has 0 radical (unpaired) electrons. The first-order valence-corrected chi connectivity index (χ1v) is 8.88. The molecular formula is C21H22FNO2. The molecule has 2 bridgehead atoms. The van der Waals surface area contributed by atoms with Gasteiger partial charge in [0.05, 0.1) is 12.7 Å². The molecule has 0 saturated carbocycles. The Morgan fingerprint density at radius 3 is 2.32 bits per heavy atom. The molecule has 2 aliphatic rings. The van der Waals surface area contributed by atoms with Crippen molar-refractivity contribution in [3.05, 3.63) is 65.5 Å². The van der Waals surface area contributed by atoms with Crippen molar-refractivity contribution in [2.24, 2.45) is 0 Å². The van der Waals surface area contributed by atoms with Crippen LogP contribution >= 0.6 is 0 Å². The number of nitrogens with zero attached hydrogens (tertiary/aromatic N) is 1. The number of benzene rings is 2. The van der Waals surface area contributed by atoms with Crippen LogP contribution in [-0.4, -0.2) is 30.0 Å².